The third kappa shape index (κ3) is 2.83. The molecule has 1 atom stereocenters. The maximum atomic E-state index is 11.2. The topological polar surface area (TPSA) is 109 Å². The Balaban J connectivity index is 0.00000200. The minimum absolute atomic E-state index is 0. The number of carbonyl (C=O) groups is 1. The van der Waals surface area contributed by atoms with Crippen molar-refractivity contribution in [3.63, 3.8) is 0 Å². The first-order valence-electron chi connectivity index (χ1n) is 6.30. The molecule has 0 saturated heterocycles. The molecule has 0 saturated carbocycles. The lowest BCUT2D eigenvalue weighted by molar-refractivity contribution is 0.210. The number of hydrogen-bond acceptors (Lipinski definition) is 4. The summed E-state index contributed by atoms with van der Waals surface area (Å²) in [5.41, 5.74) is 14.1. The molecule has 0 aromatic rings. The number of rotatable bonds is 2. The van der Waals surface area contributed by atoms with Crippen LogP contribution in [0.5, 0.6) is 0 Å². The maximum absolute atomic E-state index is 11.2. The van der Waals surface area contributed by atoms with Crippen LogP contribution in [0.4, 0.5) is 4.79 Å². The highest BCUT2D eigenvalue weighted by Gasteiger charge is 2.26. The quantitative estimate of drug-likeness (QED) is 0.657. The van der Waals surface area contributed by atoms with E-state index in [1.54, 1.807) is 0 Å². The summed E-state index contributed by atoms with van der Waals surface area (Å²) < 4.78 is 0. The summed E-state index contributed by atoms with van der Waals surface area (Å²) in [5.74, 6) is -0.0149. The van der Waals surface area contributed by atoms with Crippen LogP contribution in [0.25, 0.3) is 0 Å². The molecule has 0 fully saturated rings. The summed E-state index contributed by atoms with van der Waals surface area (Å²) in [5, 5.41) is 8.31. The molecule has 6 heteroatoms. The fourth-order valence-electron chi connectivity index (χ4n) is 2.36. The molecule has 0 radical (unpaired) electrons. The van der Waals surface area contributed by atoms with Crippen molar-refractivity contribution in [2.75, 3.05) is 13.1 Å². The summed E-state index contributed by atoms with van der Waals surface area (Å²) in [6.45, 7) is 2.77. The minimum Gasteiger partial charge on any atom is -0.402 e. The zero-order valence-electron chi connectivity index (χ0n) is 11.0. The van der Waals surface area contributed by atoms with E-state index in [1.807, 2.05) is 19.2 Å². The monoisotopic (exact) mass is 265 g/mol. The van der Waals surface area contributed by atoms with Gasteiger partial charge in [-0.15, -0.1) is 0 Å². The first-order valence-corrected chi connectivity index (χ1v) is 6.30. The second-order valence-corrected chi connectivity index (χ2v) is 4.89. The average Bonchev–Trinajstić information content (AvgIpc) is 2.38. The van der Waals surface area contributed by atoms with E-state index in [4.69, 9.17) is 16.9 Å². The molecule has 19 heavy (non-hydrogen) atoms. The van der Waals surface area contributed by atoms with Crippen LogP contribution in [-0.4, -0.2) is 35.9 Å². The largest absolute Gasteiger partial charge is 0.402 e. The van der Waals surface area contributed by atoms with E-state index >= 15 is 0 Å². The van der Waals surface area contributed by atoms with Crippen LogP contribution in [0.1, 0.15) is 22.6 Å². The van der Waals surface area contributed by atoms with E-state index in [1.165, 1.54) is 4.90 Å². The van der Waals surface area contributed by atoms with E-state index in [0.29, 0.717) is 37.3 Å². The second-order valence-electron chi connectivity index (χ2n) is 4.89. The number of allylic oxidation sites excluding steroid dienone is 2. The smallest absolute Gasteiger partial charge is 0.315 e. The number of urea groups is 1. The Morgan fingerprint density at radius 1 is 1.63 bits per heavy atom. The summed E-state index contributed by atoms with van der Waals surface area (Å²) in [6.07, 6.45) is 5.06. The van der Waals surface area contributed by atoms with Crippen molar-refractivity contribution in [3.05, 3.63) is 23.0 Å². The lowest BCUT2D eigenvalue weighted by atomic mass is 9.89. The molecule has 0 aromatic heterocycles. The van der Waals surface area contributed by atoms with Gasteiger partial charge in [-0.1, -0.05) is 6.08 Å². The fraction of sp³-hybridized carbons (Fsp3) is 0.462. The zero-order chi connectivity index (χ0) is 14.0. The molecule has 6 nitrogen and oxygen atoms in total. The molecule has 0 aromatic carbocycles. The molecular formula is C13H23N5O. The van der Waals surface area contributed by atoms with Crippen molar-refractivity contribution in [2.24, 2.45) is 22.4 Å². The zero-order valence-corrected chi connectivity index (χ0v) is 11.0. The lowest BCUT2D eigenvalue weighted by Crippen LogP contribution is -2.43. The van der Waals surface area contributed by atoms with Gasteiger partial charge in [0.15, 0.2) is 0 Å². The molecule has 2 aliphatic heterocycles. The SMILES string of the molecule is CC1=CC(C(=N)C2=C(N)CCN(C(N)=O)C2)CC=N1.[HH].[HH]. The van der Waals surface area contributed by atoms with Gasteiger partial charge in [-0.3, -0.25) is 4.99 Å². The molecule has 0 aliphatic carbocycles. The molecule has 2 amide bonds. The molecule has 0 bridgehead atoms. The normalized spacial score (nSPS) is 23.3. The number of primary amides is 1. The predicted octanol–water partition coefficient (Wildman–Crippen LogP) is 1.49. The summed E-state index contributed by atoms with van der Waals surface area (Å²) in [6, 6.07) is -0.463. The van der Waals surface area contributed by atoms with E-state index in [2.05, 4.69) is 4.99 Å². The third-order valence-corrected chi connectivity index (χ3v) is 3.49. The van der Waals surface area contributed by atoms with Crippen molar-refractivity contribution in [1.82, 2.24) is 4.90 Å². The number of nitrogens with one attached hydrogen (secondary N) is 1. The van der Waals surface area contributed by atoms with Crippen LogP contribution >= 0.6 is 0 Å². The highest BCUT2D eigenvalue weighted by atomic mass is 16.2. The number of nitrogens with two attached hydrogens (primary N) is 2. The van der Waals surface area contributed by atoms with Crippen LogP contribution in [0.3, 0.4) is 0 Å². The van der Waals surface area contributed by atoms with Crippen LogP contribution in [0, 0.1) is 11.3 Å². The lowest BCUT2D eigenvalue weighted by Gasteiger charge is -2.30. The standard InChI is InChI=1S/C13H19N5O.2H2/c1-8-6-9(2-4-17-8)12(15)10-7-18(13(16)19)5-3-11(10)14;;/h4,6,9,15H,2-3,5,7,14H2,1H3,(H2,16,19);2*1H. The molecule has 5 N–H and O–H groups in total. The Hall–Kier alpha value is -2.11. The van der Waals surface area contributed by atoms with E-state index in [-0.39, 0.29) is 8.77 Å². The molecule has 2 rings (SSSR count). The number of amides is 2. The average molecular weight is 265 g/mol. The van der Waals surface area contributed by atoms with Gasteiger partial charge < -0.3 is 21.8 Å². The maximum Gasteiger partial charge on any atom is 0.315 e. The van der Waals surface area contributed by atoms with Crippen LogP contribution in [0.15, 0.2) is 28.0 Å². The van der Waals surface area contributed by atoms with Crippen molar-refractivity contribution in [3.8, 4) is 0 Å². The van der Waals surface area contributed by atoms with Crippen molar-refractivity contribution in [1.29, 1.82) is 5.41 Å². The Morgan fingerprint density at radius 2 is 2.37 bits per heavy atom. The van der Waals surface area contributed by atoms with Crippen molar-refractivity contribution < 1.29 is 7.65 Å². The Kier molecular flexibility index (Phi) is 3.69. The highest BCUT2D eigenvalue weighted by Crippen LogP contribution is 2.23. The van der Waals surface area contributed by atoms with Crippen LogP contribution in [0.2, 0.25) is 0 Å². The number of carbonyl (C=O) groups excluding carboxylic acids is 1. The van der Waals surface area contributed by atoms with Crippen molar-refractivity contribution >= 4 is 18.0 Å². The number of aliphatic imine (C=N–C) groups is 1. The molecule has 1 unspecified atom stereocenters. The summed E-state index contributed by atoms with van der Waals surface area (Å²) in [4.78, 5) is 16.9. The van der Waals surface area contributed by atoms with Gasteiger partial charge in [0.1, 0.15) is 0 Å². The fourth-order valence-corrected chi connectivity index (χ4v) is 2.36. The molecule has 106 valence electrons. The Labute approximate surface area is 115 Å². The second kappa shape index (κ2) is 5.26. The van der Waals surface area contributed by atoms with E-state index in [9.17, 15) is 4.79 Å². The number of nitrogens with zero attached hydrogens (tertiary/aromatic N) is 2. The molecular weight excluding hydrogens is 242 g/mol. The predicted molar refractivity (Wildman–Crippen MR) is 79.3 cm³/mol. The summed E-state index contributed by atoms with van der Waals surface area (Å²) in [7, 11) is 0. The summed E-state index contributed by atoms with van der Waals surface area (Å²) >= 11 is 0. The molecule has 2 heterocycles. The third-order valence-electron chi connectivity index (χ3n) is 3.49. The van der Waals surface area contributed by atoms with Gasteiger partial charge in [0.2, 0.25) is 0 Å². The number of hydrogen-bond donors (Lipinski definition) is 3. The Morgan fingerprint density at radius 3 is 3.00 bits per heavy atom. The van der Waals surface area contributed by atoms with Gasteiger partial charge in [0.25, 0.3) is 0 Å². The van der Waals surface area contributed by atoms with E-state index < -0.39 is 6.03 Å². The van der Waals surface area contributed by atoms with Gasteiger partial charge >= 0.3 is 6.03 Å². The van der Waals surface area contributed by atoms with Gasteiger partial charge in [0.05, 0.1) is 6.54 Å². The van der Waals surface area contributed by atoms with Gasteiger partial charge in [-0.05, 0) is 13.3 Å². The van der Waals surface area contributed by atoms with Crippen LogP contribution < -0.4 is 11.5 Å². The highest BCUT2D eigenvalue weighted by molar-refractivity contribution is 6.03. The van der Waals surface area contributed by atoms with Gasteiger partial charge in [0, 0.05) is 50.6 Å². The molecule has 2 aliphatic rings. The Bertz CT molecular complexity index is 513. The first-order chi connectivity index (χ1) is 8.99. The van der Waals surface area contributed by atoms with Gasteiger partial charge in [-0.25, -0.2) is 4.79 Å². The van der Waals surface area contributed by atoms with Gasteiger partial charge in [-0.2, -0.15) is 0 Å². The van der Waals surface area contributed by atoms with E-state index in [0.717, 1.165) is 11.3 Å². The molecule has 0 spiro atoms. The minimum atomic E-state index is -0.463. The van der Waals surface area contributed by atoms with Crippen LogP contribution in [-0.2, 0) is 0 Å². The first kappa shape index (κ1) is 13.3. The van der Waals surface area contributed by atoms with Crippen molar-refractivity contribution in [2.45, 2.75) is 19.8 Å².